The standard InChI is InChI=1S/C14H19NO2/c1-2-15-7-8-17-14-12-5-4-11(16)9-10(12)3-6-13(14)15/h4-5,9,13-14,16H,2-3,6-8H2,1H3/t13-,14?/m1/s1. The summed E-state index contributed by atoms with van der Waals surface area (Å²) in [6.45, 7) is 5.17. The van der Waals surface area contributed by atoms with E-state index in [1.165, 1.54) is 11.1 Å². The molecule has 1 N–H and O–H groups in total. The maximum Gasteiger partial charge on any atom is 0.115 e. The van der Waals surface area contributed by atoms with E-state index in [-0.39, 0.29) is 6.10 Å². The minimum atomic E-state index is 0.202. The van der Waals surface area contributed by atoms with Gasteiger partial charge in [-0.1, -0.05) is 13.0 Å². The zero-order chi connectivity index (χ0) is 11.8. The first kappa shape index (κ1) is 11.1. The highest BCUT2D eigenvalue weighted by molar-refractivity contribution is 5.39. The van der Waals surface area contributed by atoms with Crippen molar-refractivity contribution in [3.63, 3.8) is 0 Å². The highest BCUT2D eigenvalue weighted by Gasteiger charge is 2.36. The maximum atomic E-state index is 9.53. The molecule has 2 aliphatic rings. The summed E-state index contributed by atoms with van der Waals surface area (Å²) in [5.74, 6) is 0.366. The summed E-state index contributed by atoms with van der Waals surface area (Å²) in [5, 5.41) is 9.53. The molecule has 0 saturated carbocycles. The van der Waals surface area contributed by atoms with Crippen LogP contribution in [0.1, 0.15) is 30.6 Å². The molecule has 1 aliphatic heterocycles. The average molecular weight is 233 g/mol. The topological polar surface area (TPSA) is 32.7 Å². The molecule has 1 fully saturated rings. The van der Waals surface area contributed by atoms with Crippen molar-refractivity contribution in [2.75, 3.05) is 19.7 Å². The number of fused-ring (bicyclic) bond motifs is 3. The Labute approximate surface area is 102 Å². The second-order valence-corrected chi connectivity index (χ2v) is 4.91. The number of likely N-dealkylation sites (N-methyl/N-ethyl adjacent to an activating group) is 1. The van der Waals surface area contributed by atoms with Gasteiger partial charge in [0.1, 0.15) is 5.75 Å². The Morgan fingerprint density at radius 2 is 2.35 bits per heavy atom. The van der Waals surface area contributed by atoms with Crippen molar-refractivity contribution in [2.45, 2.75) is 31.9 Å². The first-order valence-electron chi connectivity index (χ1n) is 6.47. The van der Waals surface area contributed by atoms with Crippen molar-refractivity contribution < 1.29 is 9.84 Å². The van der Waals surface area contributed by atoms with E-state index in [9.17, 15) is 5.11 Å². The van der Waals surface area contributed by atoms with Gasteiger partial charge in [-0.05, 0) is 42.6 Å². The minimum absolute atomic E-state index is 0.202. The zero-order valence-electron chi connectivity index (χ0n) is 10.2. The molecular weight excluding hydrogens is 214 g/mol. The number of rotatable bonds is 1. The van der Waals surface area contributed by atoms with Crippen LogP contribution in [-0.4, -0.2) is 35.7 Å². The zero-order valence-corrected chi connectivity index (χ0v) is 10.2. The maximum absolute atomic E-state index is 9.53. The molecule has 0 spiro atoms. The fourth-order valence-electron chi connectivity index (χ4n) is 3.18. The Morgan fingerprint density at radius 1 is 1.47 bits per heavy atom. The first-order chi connectivity index (χ1) is 8.29. The molecule has 17 heavy (non-hydrogen) atoms. The van der Waals surface area contributed by atoms with Gasteiger partial charge in [0.25, 0.3) is 0 Å². The van der Waals surface area contributed by atoms with E-state index in [0.29, 0.717) is 11.8 Å². The van der Waals surface area contributed by atoms with Gasteiger partial charge < -0.3 is 9.84 Å². The molecule has 2 atom stereocenters. The number of phenols is 1. The molecule has 0 aromatic heterocycles. The molecule has 1 heterocycles. The number of benzene rings is 1. The number of morpholine rings is 1. The Morgan fingerprint density at radius 3 is 3.18 bits per heavy atom. The predicted molar refractivity (Wildman–Crippen MR) is 66.2 cm³/mol. The van der Waals surface area contributed by atoms with Crippen molar-refractivity contribution in [1.29, 1.82) is 0 Å². The molecule has 1 aromatic rings. The average Bonchev–Trinajstić information content (AvgIpc) is 2.37. The third-order valence-corrected chi connectivity index (χ3v) is 4.04. The fourth-order valence-corrected chi connectivity index (χ4v) is 3.18. The van der Waals surface area contributed by atoms with Crippen LogP contribution in [-0.2, 0) is 11.2 Å². The molecule has 0 amide bonds. The lowest BCUT2D eigenvalue weighted by Crippen LogP contribution is -2.48. The molecule has 1 aliphatic carbocycles. The van der Waals surface area contributed by atoms with Crippen LogP contribution < -0.4 is 0 Å². The van der Waals surface area contributed by atoms with Gasteiger partial charge in [0.05, 0.1) is 12.7 Å². The summed E-state index contributed by atoms with van der Waals surface area (Å²) in [4.78, 5) is 2.52. The van der Waals surface area contributed by atoms with Gasteiger partial charge in [-0.15, -0.1) is 0 Å². The van der Waals surface area contributed by atoms with Gasteiger partial charge in [-0.3, -0.25) is 4.90 Å². The van der Waals surface area contributed by atoms with Crippen LogP contribution in [0.15, 0.2) is 18.2 Å². The molecule has 1 saturated heterocycles. The minimum Gasteiger partial charge on any atom is -0.508 e. The van der Waals surface area contributed by atoms with Gasteiger partial charge in [0, 0.05) is 12.6 Å². The van der Waals surface area contributed by atoms with Gasteiger partial charge in [-0.25, -0.2) is 0 Å². The van der Waals surface area contributed by atoms with Crippen LogP contribution >= 0.6 is 0 Å². The number of hydrogen-bond acceptors (Lipinski definition) is 3. The van der Waals surface area contributed by atoms with Gasteiger partial charge in [0.2, 0.25) is 0 Å². The quantitative estimate of drug-likeness (QED) is 0.806. The van der Waals surface area contributed by atoms with Crippen LogP contribution in [0.5, 0.6) is 5.75 Å². The molecule has 92 valence electrons. The second-order valence-electron chi connectivity index (χ2n) is 4.91. The summed E-state index contributed by atoms with van der Waals surface area (Å²) in [6, 6.07) is 6.21. The van der Waals surface area contributed by atoms with Gasteiger partial charge in [0.15, 0.2) is 0 Å². The van der Waals surface area contributed by atoms with E-state index < -0.39 is 0 Å². The Balaban J connectivity index is 1.95. The second kappa shape index (κ2) is 4.31. The summed E-state index contributed by atoms with van der Waals surface area (Å²) in [6.07, 6.45) is 2.38. The lowest BCUT2D eigenvalue weighted by atomic mass is 9.84. The van der Waals surface area contributed by atoms with Crippen LogP contribution in [0.4, 0.5) is 0 Å². The summed E-state index contributed by atoms with van der Waals surface area (Å²) in [5.41, 5.74) is 2.53. The number of aromatic hydroxyl groups is 1. The number of ether oxygens (including phenoxy) is 1. The Hall–Kier alpha value is -1.06. The van der Waals surface area contributed by atoms with Gasteiger partial charge in [-0.2, -0.15) is 0 Å². The SMILES string of the molecule is CCN1CCOC2c3ccc(O)cc3CC[C@H]21. The summed E-state index contributed by atoms with van der Waals surface area (Å²) in [7, 11) is 0. The van der Waals surface area contributed by atoms with Crippen LogP contribution in [0.2, 0.25) is 0 Å². The highest BCUT2D eigenvalue weighted by Crippen LogP contribution is 2.38. The Kier molecular flexibility index (Phi) is 2.81. The van der Waals surface area contributed by atoms with Crippen molar-refractivity contribution in [3.05, 3.63) is 29.3 Å². The molecule has 0 radical (unpaired) electrons. The van der Waals surface area contributed by atoms with Crippen LogP contribution in [0, 0.1) is 0 Å². The first-order valence-corrected chi connectivity index (χ1v) is 6.47. The summed E-state index contributed by atoms with van der Waals surface area (Å²) < 4.78 is 5.96. The van der Waals surface area contributed by atoms with E-state index in [1.54, 1.807) is 6.07 Å². The smallest absolute Gasteiger partial charge is 0.115 e. The lowest BCUT2D eigenvalue weighted by Gasteiger charge is -2.44. The number of aryl methyl sites for hydroxylation is 1. The number of phenolic OH excluding ortho intramolecular Hbond substituents is 1. The highest BCUT2D eigenvalue weighted by atomic mass is 16.5. The van der Waals surface area contributed by atoms with E-state index in [4.69, 9.17) is 4.74 Å². The molecule has 3 heteroatoms. The molecule has 0 bridgehead atoms. The van der Waals surface area contributed by atoms with E-state index in [0.717, 1.165) is 32.5 Å². The monoisotopic (exact) mass is 233 g/mol. The molecular formula is C14H19NO2. The van der Waals surface area contributed by atoms with Gasteiger partial charge >= 0.3 is 0 Å². The van der Waals surface area contributed by atoms with E-state index in [2.05, 4.69) is 11.8 Å². The number of nitrogens with zero attached hydrogens (tertiary/aromatic N) is 1. The van der Waals surface area contributed by atoms with E-state index in [1.807, 2.05) is 12.1 Å². The largest absolute Gasteiger partial charge is 0.508 e. The third-order valence-electron chi connectivity index (χ3n) is 4.04. The van der Waals surface area contributed by atoms with Crippen molar-refractivity contribution in [3.8, 4) is 5.75 Å². The lowest BCUT2D eigenvalue weighted by molar-refractivity contribution is -0.0784. The normalized spacial score (nSPS) is 28.5. The molecule has 3 nitrogen and oxygen atoms in total. The predicted octanol–water partition coefficient (Wildman–Crippen LogP) is 2.10. The van der Waals surface area contributed by atoms with Crippen molar-refractivity contribution >= 4 is 0 Å². The van der Waals surface area contributed by atoms with Crippen LogP contribution in [0.3, 0.4) is 0 Å². The molecule has 1 aromatic carbocycles. The Bertz CT molecular complexity index is 419. The third kappa shape index (κ3) is 1.83. The summed E-state index contributed by atoms with van der Waals surface area (Å²) >= 11 is 0. The number of hydrogen-bond donors (Lipinski definition) is 1. The van der Waals surface area contributed by atoms with E-state index >= 15 is 0 Å². The molecule has 1 unspecified atom stereocenters. The van der Waals surface area contributed by atoms with Crippen molar-refractivity contribution in [1.82, 2.24) is 4.90 Å². The fraction of sp³-hybridized carbons (Fsp3) is 0.571. The molecule has 3 rings (SSSR count). The van der Waals surface area contributed by atoms with Crippen LogP contribution in [0.25, 0.3) is 0 Å². The van der Waals surface area contributed by atoms with Crippen molar-refractivity contribution in [2.24, 2.45) is 0 Å².